The third-order valence-corrected chi connectivity index (χ3v) is 3.79. The Labute approximate surface area is 129 Å². The standard InChI is InChI=1S/C16H12BrFN2O/c1-9-8-11(17)4-7-13(9)15-14(16(19)21-20-15)10-2-5-12(18)6-3-10/h2-8H,19H2,1H3. The highest BCUT2D eigenvalue weighted by atomic mass is 79.9. The van der Waals surface area contributed by atoms with Crippen LogP contribution in [0.2, 0.25) is 0 Å². The highest BCUT2D eigenvalue weighted by Crippen LogP contribution is 2.37. The molecule has 3 rings (SSSR count). The number of benzene rings is 2. The van der Waals surface area contributed by atoms with E-state index < -0.39 is 0 Å². The molecule has 0 radical (unpaired) electrons. The molecule has 2 aromatic carbocycles. The molecule has 1 aromatic heterocycles. The van der Waals surface area contributed by atoms with Gasteiger partial charge in [-0.25, -0.2) is 4.39 Å². The molecular formula is C16H12BrFN2O. The maximum absolute atomic E-state index is 13.1. The number of halogens is 2. The lowest BCUT2D eigenvalue weighted by Crippen LogP contribution is -1.90. The molecular weight excluding hydrogens is 335 g/mol. The van der Waals surface area contributed by atoms with E-state index in [1.54, 1.807) is 12.1 Å². The van der Waals surface area contributed by atoms with E-state index in [0.29, 0.717) is 11.3 Å². The van der Waals surface area contributed by atoms with Crippen LogP contribution in [0.15, 0.2) is 51.5 Å². The van der Waals surface area contributed by atoms with E-state index in [1.165, 1.54) is 12.1 Å². The van der Waals surface area contributed by atoms with Crippen LogP contribution in [0.3, 0.4) is 0 Å². The summed E-state index contributed by atoms with van der Waals surface area (Å²) in [5.74, 6) is -0.0749. The van der Waals surface area contributed by atoms with Crippen molar-refractivity contribution in [1.82, 2.24) is 5.16 Å². The summed E-state index contributed by atoms with van der Waals surface area (Å²) in [5.41, 5.74) is 9.98. The lowest BCUT2D eigenvalue weighted by molar-refractivity contribution is 0.439. The molecule has 3 nitrogen and oxygen atoms in total. The Morgan fingerprint density at radius 3 is 2.52 bits per heavy atom. The van der Waals surface area contributed by atoms with Gasteiger partial charge in [-0.15, -0.1) is 0 Å². The summed E-state index contributed by atoms with van der Waals surface area (Å²) >= 11 is 3.44. The zero-order valence-electron chi connectivity index (χ0n) is 11.2. The molecule has 3 aromatic rings. The number of hydrogen-bond donors (Lipinski definition) is 1. The van der Waals surface area contributed by atoms with Crippen LogP contribution in [0.5, 0.6) is 0 Å². The van der Waals surface area contributed by atoms with Crippen LogP contribution >= 0.6 is 15.9 Å². The molecule has 0 saturated heterocycles. The minimum atomic E-state index is -0.296. The van der Waals surface area contributed by atoms with Crippen molar-refractivity contribution in [2.75, 3.05) is 5.73 Å². The van der Waals surface area contributed by atoms with Crippen molar-refractivity contribution >= 4 is 21.8 Å². The van der Waals surface area contributed by atoms with Gasteiger partial charge in [-0.3, -0.25) is 0 Å². The number of rotatable bonds is 2. The minimum Gasteiger partial charge on any atom is -0.367 e. The van der Waals surface area contributed by atoms with Gasteiger partial charge >= 0.3 is 0 Å². The highest BCUT2D eigenvalue weighted by molar-refractivity contribution is 9.10. The summed E-state index contributed by atoms with van der Waals surface area (Å²) in [6.45, 7) is 1.99. The molecule has 0 unspecified atom stereocenters. The molecule has 2 N–H and O–H groups in total. The van der Waals surface area contributed by atoms with E-state index in [1.807, 2.05) is 25.1 Å². The van der Waals surface area contributed by atoms with Crippen LogP contribution < -0.4 is 5.73 Å². The second kappa shape index (κ2) is 5.33. The summed E-state index contributed by atoms with van der Waals surface area (Å²) in [4.78, 5) is 0. The van der Waals surface area contributed by atoms with Gasteiger partial charge in [0, 0.05) is 10.0 Å². The van der Waals surface area contributed by atoms with Gasteiger partial charge in [-0.1, -0.05) is 39.3 Å². The number of aryl methyl sites for hydroxylation is 1. The van der Waals surface area contributed by atoms with Gasteiger partial charge in [0.25, 0.3) is 0 Å². The van der Waals surface area contributed by atoms with Crippen LogP contribution in [0.4, 0.5) is 10.3 Å². The molecule has 0 spiro atoms. The molecule has 0 aliphatic carbocycles. The topological polar surface area (TPSA) is 52.0 Å². The summed E-state index contributed by atoms with van der Waals surface area (Å²) in [6, 6.07) is 12.0. The molecule has 0 fully saturated rings. The molecule has 106 valence electrons. The number of nitrogens with zero attached hydrogens (tertiary/aromatic N) is 1. The number of aromatic nitrogens is 1. The fourth-order valence-electron chi connectivity index (χ4n) is 2.27. The molecule has 0 aliphatic heterocycles. The largest absolute Gasteiger partial charge is 0.367 e. The van der Waals surface area contributed by atoms with E-state index in [9.17, 15) is 4.39 Å². The van der Waals surface area contributed by atoms with Crippen LogP contribution in [-0.2, 0) is 0 Å². The Morgan fingerprint density at radius 1 is 1.14 bits per heavy atom. The summed E-state index contributed by atoms with van der Waals surface area (Å²) < 4.78 is 19.2. The van der Waals surface area contributed by atoms with Crippen LogP contribution in [-0.4, -0.2) is 5.16 Å². The summed E-state index contributed by atoms with van der Waals surface area (Å²) in [6.07, 6.45) is 0. The second-order valence-electron chi connectivity index (χ2n) is 4.74. The molecule has 5 heteroatoms. The van der Waals surface area contributed by atoms with E-state index >= 15 is 0 Å². The molecule has 0 bridgehead atoms. The van der Waals surface area contributed by atoms with Gasteiger partial charge in [0.15, 0.2) is 0 Å². The average molecular weight is 347 g/mol. The van der Waals surface area contributed by atoms with Crippen molar-refractivity contribution in [1.29, 1.82) is 0 Å². The van der Waals surface area contributed by atoms with Crippen molar-refractivity contribution in [3.8, 4) is 22.4 Å². The fourth-order valence-corrected chi connectivity index (χ4v) is 2.75. The van der Waals surface area contributed by atoms with Crippen LogP contribution in [0, 0.1) is 12.7 Å². The Balaban J connectivity index is 2.19. The molecule has 0 amide bonds. The zero-order valence-corrected chi connectivity index (χ0v) is 12.8. The summed E-state index contributed by atoms with van der Waals surface area (Å²) in [5, 5.41) is 4.07. The minimum absolute atomic E-state index is 0.221. The van der Waals surface area contributed by atoms with Gasteiger partial charge in [0.2, 0.25) is 5.88 Å². The molecule has 0 aliphatic rings. The van der Waals surface area contributed by atoms with Gasteiger partial charge in [-0.05, 0) is 42.3 Å². The van der Waals surface area contributed by atoms with E-state index in [-0.39, 0.29) is 11.7 Å². The van der Waals surface area contributed by atoms with Crippen molar-refractivity contribution < 1.29 is 8.91 Å². The third-order valence-electron chi connectivity index (χ3n) is 3.29. The smallest absolute Gasteiger partial charge is 0.230 e. The Bertz CT molecular complexity index is 797. The summed E-state index contributed by atoms with van der Waals surface area (Å²) in [7, 11) is 0. The number of anilines is 1. The van der Waals surface area contributed by atoms with Crippen LogP contribution in [0.1, 0.15) is 5.56 Å². The SMILES string of the molecule is Cc1cc(Br)ccc1-c1noc(N)c1-c1ccc(F)cc1. The predicted molar refractivity (Wildman–Crippen MR) is 84.2 cm³/mol. The Kier molecular flexibility index (Phi) is 3.51. The Morgan fingerprint density at radius 2 is 1.86 bits per heavy atom. The quantitative estimate of drug-likeness (QED) is 0.724. The van der Waals surface area contributed by atoms with Gasteiger partial charge in [0.1, 0.15) is 11.5 Å². The molecule has 21 heavy (non-hydrogen) atoms. The first kappa shape index (κ1) is 13.8. The first-order valence-electron chi connectivity index (χ1n) is 6.34. The molecule has 1 heterocycles. The van der Waals surface area contributed by atoms with E-state index in [4.69, 9.17) is 10.3 Å². The number of nitrogens with two attached hydrogens (primary N) is 1. The maximum atomic E-state index is 13.1. The van der Waals surface area contributed by atoms with E-state index in [2.05, 4.69) is 21.1 Å². The number of hydrogen-bond acceptors (Lipinski definition) is 3. The van der Waals surface area contributed by atoms with Gasteiger partial charge in [0.05, 0.1) is 5.56 Å². The van der Waals surface area contributed by atoms with Crippen molar-refractivity contribution in [2.45, 2.75) is 6.92 Å². The third kappa shape index (κ3) is 2.56. The van der Waals surface area contributed by atoms with Crippen molar-refractivity contribution in [3.05, 3.63) is 58.3 Å². The van der Waals surface area contributed by atoms with Crippen LogP contribution in [0.25, 0.3) is 22.4 Å². The average Bonchev–Trinajstić information content (AvgIpc) is 2.82. The predicted octanol–water partition coefficient (Wildman–Crippen LogP) is 4.80. The van der Waals surface area contributed by atoms with E-state index in [0.717, 1.165) is 21.2 Å². The zero-order chi connectivity index (χ0) is 15.0. The monoisotopic (exact) mass is 346 g/mol. The Hall–Kier alpha value is -2.14. The molecule has 0 atom stereocenters. The molecule has 0 saturated carbocycles. The normalized spacial score (nSPS) is 10.8. The first-order chi connectivity index (χ1) is 10.1. The van der Waals surface area contributed by atoms with Crippen molar-refractivity contribution in [3.63, 3.8) is 0 Å². The lowest BCUT2D eigenvalue weighted by Gasteiger charge is -2.06. The van der Waals surface area contributed by atoms with Gasteiger partial charge in [-0.2, -0.15) is 0 Å². The second-order valence-corrected chi connectivity index (χ2v) is 5.65. The van der Waals surface area contributed by atoms with Gasteiger partial charge < -0.3 is 10.3 Å². The van der Waals surface area contributed by atoms with Crippen molar-refractivity contribution in [2.24, 2.45) is 0 Å². The highest BCUT2D eigenvalue weighted by Gasteiger charge is 2.18. The maximum Gasteiger partial charge on any atom is 0.230 e. The number of nitrogen functional groups attached to an aromatic ring is 1. The fraction of sp³-hybridized carbons (Fsp3) is 0.0625. The first-order valence-corrected chi connectivity index (χ1v) is 7.13. The lowest BCUT2D eigenvalue weighted by atomic mass is 9.98.